The van der Waals surface area contributed by atoms with Crippen molar-refractivity contribution in [3.63, 3.8) is 0 Å². The molecule has 0 aliphatic rings. The lowest BCUT2D eigenvalue weighted by atomic mass is 10.1. The van der Waals surface area contributed by atoms with E-state index < -0.39 is 0 Å². The van der Waals surface area contributed by atoms with Gasteiger partial charge < -0.3 is 4.74 Å². The highest BCUT2D eigenvalue weighted by atomic mass is 32.2. The summed E-state index contributed by atoms with van der Waals surface area (Å²) in [5.41, 5.74) is 2.51. The van der Waals surface area contributed by atoms with Crippen molar-refractivity contribution in [3.8, 4) is 16.9 Å². The Kier molecular flexibility index (Phi) is 4.81. The molecule has 3 rings (SSSR count). The lowest BCUT2D eigenvalue weighted by Gasteiger charge is -2.10. The van der Waals surface area contributed by atoms with Crippen molar-refractivity contribution in [2.75, 3.05) is 6.61 Å². The van der Waals surface area contributed by atoms with E-state index in [2.05, 4.69) is 60.7 Å². The number of hydrogen-bond donors (Lipinski definition) is 0. The van der Waals surface area contributed by atoms with Crippen LogP contribution in [0.25, 0.3) is 11.1 Å². The van der Waals surface area contributed by atoms with Crippen molar-refractivity contribution in [3.05, 3.63) is 78.9 Å². The third-order valence-electron chi connectivity index (χ3n) is 3.33. The van der Waals surface area contributed by atoms with Crippen LogP contribution in [0.5, 0.6) is 5.75 Å². The summed E-state index contributed by atoms with van der Waals surface area (Å²) < 4.78 is 5.49. The summed E-state index contributed by atoms with van der Waals surface area (Å²) in [6.07, 6.45) is 0. The predicted molar refractivity (Wildman–Crippen MR) is 93.6 cm³/mol. The number of benzene rings is 3. The van der Waals surface area contributed by atoms with E-state index in [0.717, 1.165) is 5.75 Å². The monoisotopic (exact) mass is 306 g/mol. The molecule has 0 radical (unpaired) electrons. The average molecular weight is 306 g/mol. The molecule has 1 nitrogen and oxygen atoms in total. The molecule has 2 heteroatoms. The van der Waals surface area contributed by atoms with E-state index in [1.54, 1.807) is 11.8 Å². The third kappa shape index (κ3) is 3.52. The summed E-state index contributed by atoms with van der Waals surface area (Å²) in [5.74, 6) is 0.920. The summed E-state index contributed by atoms with van der Waals surface area (Å²) in [5, 5.41) is 0. The van der Waals surface area contributed by atoms with Crippen LogP contribution in [0, 0.1) is 0 Å². The van der Waals surface area contributed by atoms with Crippen LogP contribution in [0.2, 0.25) is 0 Å². The van der Waals surface area contributed by atoms with Crippen LogP contribution in [-0.2, 0) is 0 Å². The molecule has 3 aromatic carbocycles. The van der Waals surface area contributed by atoms with Gasteiger partial charge in [-0.15, -0.1) is 0 Å². The van der Waals surface area contributed by atoms with Gasteiger partial charge in [0.05, 0.1) is 6.61 Å². The molecule has 0 saturated carbocycles. The Balaban J connectivity index is 1.86. The Morgan fingerprint density at radius 1 is 0.773 bits per heavy atom. The molecule has 0 aromatic heterocycles. The SMILES string of the molecule is CCOc1ccc(Sc2ccccc2-c2ccccc2)cc1. The first kappa shape index (κ1) is 14.7. The molecule has 0 amide bonds. The van der Waals surface area contributed by atoms with Gasteiger partial charge in [0.25, 0.3) is 0 Å². The summed E-state index contributed by atoms with van der Waals surface area (Å²) in [7, 11) is 0. The second-order valence-electron chi connectivity index (χ2n) is 4.87. The van der Waals surface area contributed by atoms with Crippen molar-refractivity contribution in [1.29, 1.82) is 0 Å². The molecule has 0 aliphatic heterocycles. The van der Waals surface area contributed by atoms with E-state index in [4.69, 9.17) is 4.74 Å². The van der Waals surface area contributed by atoms with Crippen molar-refractivity contribution in [1.82, 2.24) is 0 Å². The minimum atomic E-state index is 0.698. The second-order valence-corrected chi connectivity index (χ2v) is 5.98. The Morgan fingerprint density at radius 3 is 2.18 bits per heavy atom. The maximum atomic E-state index is 5.49. The highest BCUT2D eigenvalue weighted by Crippen LogP contribution is 2.36. The smallest absolute Gasteiger partial charge is 0.119 e. The molecule has 0 aliphatic carbocycles. The Hall–Kier alpha value is -2.19. The van der Waals surface area contributed by atoms with E-state index >= 15 is 0 Å². The number of ether oxygens (including phenoxy) is 1. The maximum Gasteiger partial charge on any atom is 0.119 e. The van der Waals surface area contributed by atoms with Crippen LogP contribution >= 0.6 is 11.8 Å². The van der Waals surface area contributed by atoms with Crippen molar-refractivity contribution >= 4 is 11.8 Å². The van der Waals surface area contributed by atoms with Crippen LogP contribution in [-0.4, -0.2) is 6.61 Å². The van der Waals surface area contributed by atoms with E-state index in [-0.39, 0.29) is 0 Å². The standard InChI is InChI=1S/C20H18OS/c1-2-21-17-12-14-18(15-13-17)22-20-11-7-6-10-19(20)16-8-4-3-5-9-16/h3-15H,2H2,1H3. The van der Waals surface area contributed by atoms with Gasteiger partial charge in [-0.05, 0) is 48.4 Å². The predicted octanol–water partition coefficient (Wildman–Crippen LogP) is 5.90. The van der Waals surface area contributed by atoms with Gasteiger partial charge in [-0.3, -0.25) is 0 Å². The number of hydrogen-bond acceptors (Lipinski definition) is 2. The Labute approximate surface area is 136 Å². The van der Waals surface area contributed by atoms with Gasteiger partial charge in [-0.2, -0.15) is 0 Å². The zero-order chi connectivity index (χ0) is 15.2. The summed E-state index contributed by atoms with van der Waals surface area (Å²) in [6, 6.07) is 27.3. The fourth-order valence-electron chi connectivity index (χ4n) is 2.31. The molecule has 0 spiro atoms. The van der Waals surface area contributed by atoms with Crippen LogP contribution in [0.1, 0.15) is 6.92 Å². The highest BCUT2D eigenvalue weighted by Gasteiger charge is 2.06. The first-order valence-corrected chi connectivity index (χ1v) is 8.23. The summed E-state index contributed by atoms with van der Waals surface area (Å²) in [6.45, 7) is 2.70. The fourth-order valence-corrected chi connectivity index (χ4v) is 3.28. The second kappa shape index (κ2) is 7.19. The van der Waals surface area contributed by atoms with E-state index in [1.807, 2.05) is 25.1 Å². The molecule has 0 saturated heterocycles. The minimum absolute atomic E-state index is 0.698. The van der Waals surface area contributed by atoms with Gasteiger partial charge in [-0.25, -0.2) is 0 Å². The molecule has 0 bridgehead atoms. The first-order valence-electron chi connectivity index (χ1n) is 7.42. The summed E-state index contributed by atoms with van der Waals surface area (Å²) in [4.78, 5) is 2.48. The lowest BCUT2D eigenvalue weighted by Crippen LogP contribution is -1.90. The topological polar surface area (TPSA) is 9.23 Å². The molecule has 3 aromatic rings. The highest BCUT2D eigenvalue weighted by molar-refractivity contribution is 7.99. The maximum absolute atomic E-state index is 5.49. The quantitative estimate of drug-likeness (QED) is 0.580. The summed E-state index contributed by atoms with van der Waals surface area (Å²) >= 11 is 1.78. The van der Waals surface area contributed by atoms with Gasteiger partial charge in [0.1, 0.15) is 5.75 Å². The number of rotatable bonds is 5. The van der Waals surface area contributed by atoms with E-state index in [0.29, 0.717) is 6.61 Å². The Morgan fingerprint density at radius 2 is 1.45 bits per heavy atom. The van der Waals surface area contributed by atoms with Gasteiger partial charge in [0.15, 0.2) is 0 Å². The van der Waals surface area contributed by atoms with Crippen LogP contribution in [0.15, 0.2) is 88.7 Å². The zero-order valence-electron chi connectivity index (χ0n) is 12.5. The Bertz CT molecular complexity index is 720. The fraction of sp³-hybridized carbons (Fsp3) is 0.100. The molecular weight excluding hydrogens is 288 g/mol. The molecule has 0 heterocycles. The van der Waals surface area contributed by atoms with Crippen molar-refractivity contribution in [2.45, 2.75) is 16.7 Å². The molecule has 22 heavy (non-hydrogen) atoms. The van der Waals surface area contributed by atoms with Gasteiger partial charge in [0.2, 0.25) is 0 Å². The van der Waals surface area contributed by atoms with Crippen molar-refractivity contribution in [2.24, 2.45) is 0 Å². The van der Waals surface area contributed by atoms with Crippen LogP contribution in [0.4, 0.5) is 0 Å². The van der Waals surface area contributed by atoms with Crippen molar-refractivity contribution < 1.29 is 4.74 Å². The lowest BCUT2D eigenvalue weighted by molar-refractivity contribution is 0.340. The minimum Gasteiger partial charge on any atom is -0.494 e. The van der Waals surface area contributed by atoms with Gasteiger partial charge in [0, 0.05) is 9.79 Å². The largest absolute Gasteiger partial charge is 0.494 e. The molecular formula is C20H18OS. The molecule has 0 N–H and O–H groups in total. The third-order valence-corrected chi connectivity index (χ3v) is 4.42. The zero-order valence-corrected chi connectivity index (χ0v) is 13.3. The molecule has 0 unspecified atom stereocenters. The first-order chi connectivity index (χ1) is 10.9. The van der Waals surface area contributed by atoms with Crippen LogP contribution < -0.4 is 4.74 Å². The van der Waals surface area contributed by atoms with Gasteiger partial charge >= 0.3 is 0 Å². The normalized spacial score (nSPS) is 10.4. The van der Waals surface area contributed by atoms with E-state index in [9.17, 15) is 0 Å². The molecule has 0 atom stereocenters. The average Bonchev–Trinajstić information content (AvgIpc) is 2.58. The van der Waals surface area contributed by atoms with Crippen LogP contribution in [0.3, 0.4) is 0 Å². The van der Waals surface area contributed by atoms with Gasteiger partial charge in [-0.1, -0.05) is 60.3 Å². The molecule has 0 fully saturated rings. The van der Waals surface area contributed by atoms with E-state index in [1.165, 1.54) is 20.9 Å². The molecule has 110 valence electrons.